The van der Waals surface area contributed by atoms with Crippen molar-refractivity contribution in [2.45, 2.75) is 33.0 Å². The second kappa shape index (κ2) is 9.59. The molecule has 0 aliphatic carbocycles. The summed E-state index contributed by atoms with van der Waals surface area (Å²) in [5.74, 6) is 0. The number of thiophene rings is 1. The molecule has 17 heavy (non-hydrogen) atoms. The van der Waals surface area contributed by atoms with Gasteiger partial charge in [0, 0.05) is 24.5 Å². The number of hydrogen-bond acceptors (Lipinski definition) is 4. The van der Waals surface area contributed by atoms with Crippen LogP contribution in [0.25, 0.3) is 0 Å². The third-order valence-electron chi connectivity index (χ3n) is 2.39. The molecule has 1 N–H and O–H groups in total. The number of rotatable bonds is 10. The Morgan fingerprint density at radius 3 is 2.59 bits per heavy atom. The van der Waals surface area contributed by atoms with Crippen LogP contribution in [0.3, 0.4) is 0 Å². The lowest BCUT2D eigenvalue weighted by Crippen LogP contribution is -2.26. The zero-order chi connectivity index (χ0) is 12.3. The van der Waals surface area contributed by atoms with Crippen molar-refractivity contribution in [1.29, 1.82) is 0 Å². The molecule has 1 heterocycles. The molecule has 0 bridgehead atoms. The van der Waals surface area contributed by atoms with Gasteiger partial charge in [-0.25, -0.2) is 0 Å². The molecule has 4 heteroatoms. The first-order valence-electron chi connectivity index (χ1n) is 6.33. The average Bonchev–Trinajstić information content (AvgIpc) is 2.82. The Hall–Kier alpha value is -0.420. The van der Waals surface area contributed by atoms with E-state index >= 15 is 0 Å². The van der Waals surface area contributed by atoms with Crippen molar-refractivity contribution in [2.24, 2.45) is 0 Å². The monoisotopic (exact) mass is 257 g/mol. The molecule has 0 radical (unpaired) electrons. The standard InChI is InChI=1S/C13H23NO2S/c1-3-15-13(16-4-2)8-10-14-9-7-12-6-5-11-17-12/h5-6,11,13-14H,3-4,7-10H2,1-2H3. The first-order chi connectivity index (χ1) is 8.36. The Morgan fingerprint density at radius 1 is 1.24 bits per heavy atom. The molecule has 0 unspecified atom stereocenters. The van der Waals surface area contributed by atoms with E-state index in [1.54, 1.807) is 0 Å². The first-order valence-corrected chi connectivity index (χ1v) is 7.21. The fourth-order valence-corrected chi connectivity index (χ4v) is 2.31. The van der Waals surface area contributed by atoms with E-state index in [2.05, 4.69) is 22.8 Å². The predicted molar refractivity (Wildman–Crippen MR) is 72.5 cm³/mol. The molecule has 0 saturated heterocycles. The van der Waals surface area contributed by atoms with Crippen molar-refractivity contribution in [3.63, 3.8) is 0 Å². The lowest BCUT2D eigenvalue weighted by Gasteiger charge is -2.16. The smallest absolute Gasteiger partial charge is 0.158 e. The van der Waals surface area contributed by atoms with Crippen molar-refractivity contribution >= 4 is 11.3 Å². The van der Waals surface area contributed by atoms with Gasteiger partial charge in [-0.1, -0.05) is 6.07 Å². The van der Waals surface area contributed by atoms with E-state index in [1.807, 2.05) is 25.2 Å². The Morgan fingerprint density at radius 2 is 2.00 bits per heavy atom. The molecule has 0 aliphatic heterocycles. The molecule has 98 valence electrons. The minimum Gasteiger partial charge on any atom is -0.353 e. The van der Waals surface area contributed by atoms with Crippen molar-refractivity contribution in [3.05, 3.63) is 22.4 Å². The van der Waals surface area contributed by atoms with Crippen LogP contribution in [0.4, 0.5) is 0 Å². The third kappa shape index (κ3) is 6.78. The van der Waals surface area contributed by atoms with Crippen LogP contribution in [0, 0.1) is 0 Å². The Labute approximate surface area is 108 Å². The van der Waals surface area contributed by atoms with Crippen LogP contribution in [0.5, 0.6) is 0 Å². The van der Waals surface area contributed by atoms with E-state index in [-0.39, 0.29) is 6.29 Å². The van der Waals surface area contributed by atoms with Crippen LogP contribution in [-0.4, -0.2) is 32.6 Å². The first kappa shape index (κ1) is 14.6. The van der Waals surface area contributed by atoms with Gasteiger partial charge in [-0.05, 0) is 44.8 Å². The maximum atomic E-state index is 5.47. The summed E-state index contributed by atoms with van der Waals surface area (Å²) in [6, 6.07) is 4.27. The normalized spacial score (nSPS) is 11.2. The summed E-state index contributed by atoms with van der Waals surface area (Å²) in [6.07, 6.45) is 1.96. The molecule has 3 nitrogen and oxygen atoms in total. The van der Waals surface area contributed by atoms with Gasteiger partial charge < -0.3 is 14.8 Å². The highest BCUT2D eigenvalue weighted by molar-refractivity contribution is 7.09. The van der Waals surface area contributed by atoms with Crippen LogP contribution < -0.4 is 5.32 Å². The van der Waals surface area contributed by atoms with Gasteiger partial charge in [0.15, 0.2) is 6.29 Å². The minimum absolute atomic E-state index is 0.0563. The van der Waals surface area contributed by atoms with Gasteiger partial charge in [-0.3, -0.25) is 0 Å². The quantitative estimate of drug-likeness (QED) is 0.516. The van der Waals surface area contributed by atoms with Gasteiger partial charge in [0.1, 0.15) is 0 Å². The zero-order valence-electron chi connectivity index (χ0n) is 10.8. The fraction of sp³-hybridized carbons (Fsp3) is 0.692. The fourth-order valence-electron chi connectivity index (χ4n) is 1.60. The molecule has 1 aromatic heterocycles. The highest BCUT2D eigenvalue weighted by Gasteiger charge is 2.06. The Kier molecular flexibility index (Phi) is 8.26. The highest BCUT2D eigenvalue weighted by Crippen LogP contribution is 2.08. The van der Waals surface area contributed by atoms with Crippen LogP contribution in [0.1, 0.15) is 25.1 Å². The lowest BCUT2D eigenvalue weighted by atomic mass is 10.3. The highest BCUT2D eigenvalue weighted by atomic mass is 32.1. The van der Waals surface area contributed by atoms with E-state index in [1.165, 1.54) is 4.88 Å². The molecule has 0 spiro atoms. The van der Waals surface area contributed by atoms with Gasteiger partial charge in [-0.15, -0.1) is 11.3 Å². The lowest BCUT2D eigenvalue weighted by molar-refractivity contribution is -0.138. The molecule has 0 atom stereocenters. The number of nitrogens with one attached hydrogen (secondary N) is 1. The molecule has 0 aliphatic rings. The van der Waals surface area contributed by atoms with E-state index in [4.69, 9.17) is 9.47 Å². The molecule has 1 aromatic rings. The maximum Gasteiger partial charge on any atom is 0.158 e. The topological polar surface area (TPSA) is 30.5 Å². The van der Waals surface area contributed by atoms with Crippen molar-refractivity contribution in [2.75, 3.05) is 26.3 Å². The zero-order valence-corrected chi connectivity index (χ0v) is 11.6. The maximum absolute atomic E-state index is 5.47. The molecular weight excluding hydrogens is 234 g/mol. The van der Waals surface area contributed by atoms with Gasteiger partial charge in [0.2, 0.25) is 0 Å². The Balaban J connectivity index is 2.01. The summed E-state index contributed by atoms with van der Waals surface area (Å²) in [6.45, 7) is 7.37. The van der Waals surface area contributed by atoms with Crippen molar-refractivity contribution < 1.29 is 9.47 Å². The summed E-state index contributed by atoms with van der Waals surface area (Å²) in [7, 11) is 0. The van der Waals surface area contributed by atoms with Crippen LogP contribution in [0.15, 0.2) is 17.5 Å². The second-order valence-corrected chi connectivity index (χ2v) is 4.74. The summed E-state index contributed by atoms with van der Waals surface area (Å²) in [5, 5.41) is 5.54. The van der Waals surface area contributed by atoms with E-state index < -0.39 is 0 Å². The van der Waals surface area contributed by atoms with E-state index in [0.717, 1.165) is 25.9 Å². The third-order valence-corrected chi connectivity index (χ3v) is 3.33. The summed E-state index contributed by atoms with van der Waals surface area (Å²) in [4.78, 5) is 1.43. The van der Waals surface area contributed by atoms with Crippen LogP contribution in [-0.2, 0) is 15.9 Å². The van der Waals surface area contributed by atoms with Gasteiger partial charge in [0.25, 0.3) is 0 Å². The van der Waals surface area contributed by atoms with Gasteiger partial charge in [0.05, 0.1) is 0 Å². The molecule has 1 rings (SSSR count). The largest absolute Gasteiger partial charge is 0.353 e. The number of hydrogen-bond donors (Lipinski definition) is 1. The molecular formula is C13H23NO2S. The van der Waals surface area contributed by atoms with Crippen molar-refractivity contribution in [1.82, 2.24) is 5.32 Å². The summed E-state index contributed by atoms with van der Waals surface area (Å²) in [5.41, 5.74) is 0. The van der Waals surface area contributed by atoms with E-state index in [9.17, 15) is 0 Å². The summed E-state index contributed by atoms with van der Waals surface area (Å²) >= 11 is 1.81. The number of ether oxygens (including phenoxy) is 2. The predicted octanol–water partition coefficient (Wildman–Crippen LogP) is 2.67. The summed E-state index contributed by atoms with van der Waals surface area (Å²) < 4.78 is 10.9. The average molecular weight is 257 g/mol. The van der Waals surface area contributed by atoms with Crippen molar-refractivity contribution in [3.8, 4) is 0 Å². The molecule has 0 fully saturated rings. The van der Waals surface area contributed by atoms with Gasteiger partial charge in [-0.2, -0.15) is 0 Å². The van der Waals surface area contributed by atoms with Crippen LogP contribution in [0.2, 0.25) is 0 Å². The minimum atomic E-state index is -0.0563. The van der Waals surface area contributed by atoms with Gasteiger partial charge >= 0.3 is 0 Å². The molecule has 0 amide bonds. The van der Waals surface area contributed by atoms with E-state index in [0.29, 0.717) is 13.2 Å². The van der Waals surface area contributed by atoms with Crippen LogP contribution >= 0.6 is 11.3 Å². The SMILES string of the molecule is CCOC(CCNCCc1cccs1)OCC. The Bertz CT molecular complexity index is 258. The molecule has 0 saturated carbocycles. The second-order valence-electron chi connectivity index (χ2n) is 3.71. The molecule has 0 aromatic carbocycles.